The molecule has 0 unspecified atom stereocenters. The van der Waals surface area contributed by atoms with Gasteiger partial charge in [-0.15, -0.1) is 0 Å². The van der Waals surface area contributed by atoms with Crippen LogP contribution in [0.4, 0.5) is 10.5 Å². The number of benzene rings is 2. The molecule has 24 heavy (non-hydrogen) atoms. The van der Waals surface area contributed by atoms with Crippen molar-refractivity contribution in [1.29, 1.82) is 0 Å². The minimum absolute atomic E-state index is 0.340. The highest BCUT2D eigenvalue weighted by molar-refractivity contribution is 5.85. The number of carbonyl (C=O) groups excluding carboxylic acids is 1. The maximum atomic E-state index is 11.7. The van der Waals surface area contributed by atoms with Gasteiger partial charge in [-0.1, -0.05) is 31.2 Å². The molecule has 0 fully saturated rings. The fourth-order valence-electron chi connectivity index (χ4n) is 2.46. The minimum Gasteiger partial charge on any atom is -0.489 e. The van der Waals surface area contributed by atoms with Gasteiger partial charge in [-0.2, -0.15) is 0 Å². The Kier molecular flexibility index (Phi) is 6.24. The highest BCUT2D eigenvalue weighted by atomic mass is 16.5. The van der Waals surface area contributed by atoms with Gasteiger partial charge in [0, 0.05) is 5.56 Å². The summed E-state index contributed by atoms with van der Waals surface area (Å²) in [7, 11) is 0. The highest BCUT2D eigenvalue weighted by Crippen LogP contribution is 2.24. The summed E-state index contributed by atoms with van der Waals surface area (Å²) in [6.07, 6.45) is 0.556. The summed E-state index contributed by atoms with van der Waals surface area (Å²) in [5.74, 6) is 0.856. The number of nitrogens with one attached hydrogen (secondary N) is 1. The maximum Gasteiger partial charge on any atom is 0.411 e. The number of aryl methyl sites for hydroxylation is 3. The SMILES string of the molecule is CCOC(=O)Nc1cc(C)ccc1COc1ccc(CC)cc1C. The van der Waals surface area contributed by atoms with E-state index in [1.165, 1.54) is 5.56 Å². The van der Waals surface area contributed by atoms with Crippen molar-refractivity contribution in [1.82, 2.24) is 0 Å². The lowest BCUT2D eigenvalue weighted by Gasteiger charge is -2.14. The van der Waals surface area contributed by atoms with Crippen LogP contribution < -0.4 is 10.1 Å². The van der Waals surface area contributed by atoms with Crippen molar-refractivity contribution in [3.05, 3.63) is 58.7 Å². The van der Waals surface area contributed by atoms with Gasteiger partial charge in [-0.05, 0) is 56.0 Å². The molecule has 1 N–H and O–H groups in total. The Morgan fingerprint density at radius 2 is 1.88 bits per heavy atom. The van der Waals surface area contributed by atoms with Gasteiger partial charge in [0.15, 0.2) is 0 Å². The monoisotopic (exact) mass is 327 g/mol. The third kappa shape index (κ3) is 4.75. The molecule has 0 saturated heterocycles. The molecule has 0 atom stereocenters. The van der Waals surface area contributed by atoms with Crippen LogP contribution in [-0.4, -0.2) is 12.7 Å². The predicted molar refractivity (Wildman–Crippen MR) is 96.7 cm³/mol. The molecule has 2 rings (SSSR count). The van der Waals surface area contributed by atoms with Gasteiger partial charge in [-0.3, -0.25) is 5.32 Å². The number of rotatable bonds is 6. The fourth-order valence-corrected chi connectivity index (χ4v) is 2.46. The number of hydrogen-bond acceptors (Lipinski definition) is 3. The van der Waals surface area contributed by atoms with Gasteiger partial charge in [0.25, 0.3) is 0 Å². The standard InChI is InChI=1S/C20H25NO3/c1-5-16-8-10-19(15(4)12-16)24-13-17-9-7-14(3)11-18(17)21-20(22)23-6-2/h7-12H,5-6,13H2,1-4H3,(H,21,22). The van der Waals surface area contributed by atoms with Crippen LogP contribution in [0.25, 0.3) is 0 Å². The molecule has 0 spiro atoms. The first kappa shape index (κ1) is 17.9. The highest BCUT2D eigenvalue weighted by Gasteiger charge is 2.09. The van der Waals surface area contributed by atoms with Crippen LogP contribution in [0.5, 0.6) is 5.75 Å². The summed E-state index contributed by atoms with van der Waals surface area (Å²) in [6, 6.07) is 12.1. The third-order valence-corrected chi connectivity index (χ3v) is 3.81. The summed E-state index contributed by atoms with van der Waals surface area (Å²) >= 11 is 0. The topological polar surface area (TPSA) is 47.6 Å². The van der Waals surface area contributed by atoms with E-state index in [1.807, 2.05) is 38.1 Å². The molecule has 0 bridgehead atoms. The number of anilines is 1. The zero-order valence-corrected chi connectivity index (χ0v) is 14.8. The Morgan fingerprint density at radius 3 is 2.54 bits per heavy atom. The average molecular weight is 327 g/mol. The molecule has 4 heteroatoms. The first-order valence-electron chi connectivity index (χ1n) is 8.29. The van der Waals surface area contributed by atoms with Crippen molar-refractivity contribution in [3.63, 3.8) is 0 Å². The Hall–Kier alpha value is -2.49. The molecule has 0 heterocycles. The summed E-state index contributed by atoms with van der Waals surface area (Å²) in [4.78, 5) is 11.7. The van der Waals surface area contributed by atoms with Crippen LogP contribution in [0, 0.1) is 13.8 Å². The van der Waals surface area contributed by atoms with Crippen LogP contribution in [0.15, 0.2) is 36.4 Å². The van der Waals surface area contributed by atoms with E-state index < -0.39 is 6.09 Å². The second-order valence-corrected chi connectivity index (χ2v) is 5.75. The molecule has 2 aromatic carbocycles. The van der Waals surface area contributed by atoms with Crippen LogP contribution in [0.1, 0.15) is 36.1 Å². The molecule has 0 saturated carbocycles. The van der Waals surface area contributed by atoms with Crippen molar-refractivity contribution in [2.75, 3.05) is 11.9 Å². The zero-order valence-electron chi connectivity index (χ0n) is 14.8. The Labute approximate surface area is 143 Å². The van der Waals surface area contributed by atoms with Crippen molar-refractivity contribution in [2.45, 2.75) is 40.7 Å². The summed E-state index contributed by atoms with van der Waals surface area (Å²) in [6.45, 7) is 8.66. The Morgan fingerprint density at radius 1 is 1.08 bits per heavy atom. The summed E-state index contributed by atoms with van der Waals surface area (Å²) < 4.78 is 10.9. The molecular weight excluding hydrogens is 302 g/mol. The molecule has 0 aliphatic rings. The van der Waals surface area contributed by atoms with Gasteiger partial charge in [0.2, 0.25) is 0 Å². The van der Waals surface area contributed by atoms with Gasteiger partial charge < -0.3 is 9.47 Å². The summed E-state index contributed by atoms with van der Waals surface area (Å²) in [5.41, 5.74) is 5.10. The van der Waals surface area contributed by atoms with Crippen molar-refractivity contribution in [2.24, 2.45) is 0 Å². The molecule has 128 valence electrons. The van der Waals surface area contributed by atoms with Crippen molar-refractivity contribution >= 4 is 11.8 Å². The molecule has 0 aromatic heterocycles. The smallest absolute Gasteiger partial charge is 0.411 e. The molecule has 0 aliphatic carbocycles. The summed E-state index contributed by atoms with van der Waals surface area (Å²) in [5, 5.41) is 2.78. The second-order valence-electron chi connectivity index (χ2n) is 5.75. The molecular formula is C20H25NO3. The van der Waals surface area contributed by atoms with Gasteiger partial charge in [-0.25, -0.2) is 4.79 Å². The van der Waals surface area contributed by atoms with E-state index >= 15 is 0 Å². The lowest BCUT2D eigenvalue weighted by Crippen LogP contribution is -2.15. The molecule has 0 radical (unpaired) electrons. The number of amides is 1. The van der Waals surface area contributed by atoms with Crippen molar-refractivity contribution < 1.29 is 14.3 Å². The second kappa shape index (κ2) is 8.39. The van der Waals surface area contributed by atoms with Gasteiger partial charge in [0.05, 0.1) is 12.3 Å². The van der Waals surface area contributed by atoms with Gasteiger partial charge >= 0.3 is 6.09 Å². The van der Waals surface area contributed by atoms with E-state index in [-0.39, 0.29) is 0 Å². The molecule has 0 aliphatic heterocycles. The number of hydrogen-bond donors (Lipinski definition) is 1. The molecule has 2 aromatic rings. The first-order valence-corrected chi connectivity index (χ1v) is 8.29. The number of carbonyl (C=O) groups is 1. The van der Waals surface area contributed by atoms with E-state index in [9.17, 15) is 4.79 Å². The van der Waals surface area contributed by atoms with E-state index in [0.29, 0.717) is 13.2 Å². The van der Waals surface area contributed by atoms with E-state index in [0.717, 1.165) is 34.5 Å². The lowest BCUT2D eigenvalue weighted by atomic mass is 10.1. The normalized spacial score (nSPS) is 10.3. The average Bonchev–Trinajstić information content (AvgIpc) is 2.55. The van der Waals surface area contributed by atoms with Crippen LogP contribution in [0.3, 0.4) is 0 Å². The molecule has 1 amide bonds. The maximum absolute atomic E-state index is 11.7. The Balaban J connectivity index is 2.13. The third-order valence-electron chi connectivity index (χ3n) is 3.81. The number of ether oxygens (including phenoxy) is 2. The van der Waals surface area contributed by atoms with Crippen molar-refractivity contribution in [3.8, 4) is 5.75 Å². The zero-order chi connectivity index (χ0) is 17.5. The largest absolute Gasteiger partial charge is 0.489 e. The van der Waals surface area contributed by atoms with Gasteiger partial charge in [0.1, 0.15) is 12.4 Å². The van der Waals surface area contributed by atoms with E-state index in [2.05, 4.69) is 24.4 Å². The van der Waals surface area contributed by atoms with Crippen LogP contribution in [0.2, 0.25) is 0 Å². The quantitative estimate of drug-likeness (QED) is 0.811. The fraction of sp³-hybridized carbons (Fsp3) is 0.350. The molecule has 4 nitrogen and oxygen atoms in total. The minimum atomic E-state index is -0.451. The predicted octanol–water partition coefficient (Wildman–Crippen LogP) is 5.01. The van der Waals surface area contributed by atoms with E-state index in [1.54, 1.807) is 6.92 Å². The lowest BCUT2D eigenvalue weighted by molar-refractivity contribution is 0.168. The first-order chi connectivity index (χ1) is 11.5. The van der Waals surface area contributed by atoms with Crippen LogP contribution in [-0.2, 0) is 17.8 Å². The van der Waals surface area contributed by atoms with E-state index in [4.69, 9.17) is 9.47 Å². The van der Waals surface area contributed by atoms with Crippen LogP contribution >= 0.6 is 0 Å². The Bertz CT molecular complexity index is 710.